The van der Waals surface area contributed by atoms with Gasteiger partial charge in [-0.3, -0.25) is 9.59 Å². The fraction of sp³-hybridized carbons (Fsp3) is 0.286. The van der Waals surface area contributed by atoms with E-state index < -0.39 is 0 Å². The number of aryl methyl sites for hydroxylation is 1. The van der Waals surface area contributed by atoms with Crippen molar-refractivity contribution in [3.8, 4) is 11.5 Å². The molecule has 7 nitrogen and oxygen atoms in total. The van der Waals surface area contributed by atoms with Gasteiger partial charge in [0.15, 0.2) is 0 Å². The van der Waals surface area contributed by atoms with Crippen LogP contribution in [0.2, 0.25) is 0 Å². The molecule has 2 aromatic rings. The number of carbonyl (C=O) groups is 2. The minimum absolute atomic E-state index is 0.0498. The van der Waals surface area contributed by atoms with Crippen LogP contribution < -0.4 is 20.2 Å². The van der Waals surface area contributed by atoms with Gasteiger partial charge in [0.25, 0.3) is 0 Å². The Morgan fingerprint density at radius 2 is 1.75 bits per heavy atom. The highest BCUT2D eigenvalue weighted by Crippen LogP contribution is 2.29. The molecule has 0 fully saturated rings. The van der Waals surface area contributed by atoms with Crippen LogP contribution in [0.3, 0.4) is 0 Å². The Hall–Kier alpha value is -3.35. The van der Waals surface area contributed by atoms with Gasteiger partial charge in [-0.05, 0) is 31.0 Å². The predicted octanol–water partition coefficient (Wildman–Crippen LogP) is 3.16. The number of hydrazone groups is 1. The van der Waals surface area contributed by atoms with Gasteiger partial charge in [0.1, 0.15) is 11.5 Å². The largest absolute Gasteiger partial charge is 0.497 e. The summed E-state index contributed by atoms with van der Waals surface area (Å²) in [5, 5.41) is 6.76. The van der Waals surface area contributed by atoms with Crippen molar-refractivity contribution >= 4 is 23.2 Å². The SMILES string of the molecule is COc1ccc(NC(=O)C/C(C)=N\NC(=O)CCc2ccccc2)c(OC)c1. The van der Waals surface area contributed by atoms with Crippen LogP contribution >= 0.6 is 0 Å². The zero-order chi connectivity index (χ0) is 20.4. The molecular weight excluding hydrogens is 358 g/mol. The van der Waals surface area contributed by atoms with Gasteiger partial charge >= 0.3 is 0 Å². The molecule has 7 heteroatoms. The first-order chi connectivity index (χ1) is 13.5. The van der Waals surface area contributed by atoms with Crippen molar-refractivity contribution in [3.63, 3.8) is 0 Å². The molecule has 0 aliphatic heterocycles. The van der Waals surface area contributed by atoms with Crippen LogP contribution in [-0.2, 0) is 16.0 Å². The Morgan fingerprint density at radius 3 is 2.43 bits per heavy atom. The van der Waals surface area contributed by atoms with E-state index in [1.807, 2.05) is 30.3 Å². The number of hydrogen-bond acceptors (Lipinski definition) is 5. The summed E-state index contributed by atoms with van der Waals surface area (Å²) in [4.78, 5) is 24.1. The molecule has 0 spiro atoms. The van der Waals surface area contributed by atoms with E-state index in [1.54, 1.807) is 32.2 Å². The van der Waals surface area contributed by atoms with Crippen molar-refractivity contribution in [3.05, 3.63) is 54.1 Å². The van der Waals surface area contributed by atoms with Gasteiger partial charge in [-0.1, -0.05) is 30.3 Å². The summed E-state index contributed by atoms with van der Waals surface area (Å²) in [6, 6.07) is 14.9. The lowest BCUT2D eigenvalue weighted by Crippen LogP contribution is -2.21. The maximum atomic E-state index is 12.2. The number of nitrogens with zero attached hydrogens (tertiary/aromatic N) is 1. The Bertz CT molecular complexity index is 835. The minimum Gasteiger partial charge on any atom is -0.497 e. The number of amides is 2. The van der Waals surface area contributed by atoms with E-state index >= 15 is 0 Å². The highest BCUT2D eigenvalue weighted by molar-refractivity contribution is 6.06. The van der Waals surface area contributed by atoms with E-state index in [1.165, 1.54) is 7.11 Å². The maximum Gasteiger partial charge on any atom is 0.240 e. The first-order valence-corrected chi connectivity index (χ1v) is 8.89. The Labute approximate surface area is 164 Å². The predicted molar refractivity (Wildman–Crippen MR) is 109 cm³/mol. The number of rotatable bonds is 9. The first-order valence-electron chi connectivity index (χ1n) is 8.89. The minimum atomic E-state index is -0.261. The molecule has 148 valence electrons. The van der Waals surface area contributed by atoms with E-state index in [0.717, 1.165) is 5.56 Å². The van der Waals surface area contributed by atoms with Crippen LogP contribution in [0.4, 0.5) is 5.69 Å². The van der Waals surface area contributed by atoms with Gasteiger partial charge in [0.2, 0.25) is 11.8 Å². The summed E-state index contributed by atoms with van der Waals surface area (Å²) in [5.41, 5.74) is 4.61. The van der Waals surface area contributed by atoms with E-state index in [0.29, 0.717) is 35.7 Å². The zero-order valence-corrected chi connectivity index (χ0v) is 16.3. The quantitative estimate of drug-likeness (QED) is 0.514. The van der Waals surface area contributed by atoms with E-state index in [2.05, 4.69) is 15.8 Å². The molecule has 0 bridgehead atoms. The second-order valence-electron chi connectivity index (χ2n) is 6.16. The molecule has 0 heterocycles. The van der Waals surface area contributed by atoms with Crippen LogP contribution in [-0.4, -0.2) is 31.7 Å². The number of anilines is 1. The molecule has 0 radical (unpaired) electrons. The molecule has 0 aliphatic rings. The van der Waals surface area contributed by atoms with Crippen molar-refractivity contribution in [1.29, 1.82) is 0 Å². The van der Waals surface area contributed by atoms with Gasteiger partial charge in [-0.2, -0.15) is 5.10 Å². The molecule has 0 unspecified atom stereocenters. The van der Waals surface area contributed by atoms with Gasteiger partial charge in [0, 0.05) is 18.2 Å². The highest BCUT2D eigenvalue weighted by atomic mass is 16.5. The van der Waals surface area contributed by atoms with Crippen molar-refractivity contribution in [2.75, 3.05) is 19.5 Å². The van der Waals surface area contributed by atoms with Gasteiger partial charge in [0.05, 0.1) is 26.3 Å². The lowest BCUT2D eigenvalue weighted by molar-refractivity contribution is -0.121. The maximum absolute atomic E-state index is 12.2. The Balaban J connectivity index is 1.82. The van der Waals surface area contributed by atoms with Crippen LogP contribution in [0.5, 0.6) is 11.5 Å². The average Bonchev–Trinajstić information content (AvgIpc) is 2.71. The number of benzene rings is 2. The zero-order valence-electron chi connectivity index (χ0n) is 16.3. The summed E-state index contributed by atoms with van der Waals surface area (Å²) >= 11 is 0. The fourth-order valence-corrected chi connectivity index (χ4v) is 2.48. The summed E-state index contributed by atoms with van der Waals surface area (Å²) in [7, 11) is 3.07. The van der Waals surface area contributed by atoms with E-state index in [4.69, 9.17) is 9.47 Å². The standard InChI is InChI=1S/C21H25N3O4/c1-15(23-24-20(25)12-9-16-7-5-4-6-8-16)13-21(26)22-18-11-10-17(27-2)14-19(18)28-3/h4-8,10-11,14H,9,12-13H2,1-3H3,(H,22,26)(H,24,25)/b23-15-. The number of methoxy groups -OCH3 is 2. The number of carbonyl (C=O) groups excluding carboxylic acids is 2. The molecule has 28 heavy (non-hydrogen) atoms. The van der Waals surface area contributed by atoms with Crippen LogP contribution in [0.15, 0.2) is 53.6 Å². The Morgan fingerprint density at radius 1 is 1.00 bits per heavy atom. The lowest BCUT2D eigenvalue weighted by atomic mass is 10.1. The topological polar surface area (TPSA) is 89.0 Å². The third-order valence-electron chi connectivity index (χ3n) is 3.95. The number of nitrogens with one attached hydrogen (secondary N) is 2. The molecule has 0 saturated heterocycles. The summed E-state index contributed by atoms with van der Waals surface area (Å²) in [6.07, 6.45) is 1.02. The number of hydrogen-bond donors (Lipinski definition) is 2. The van der Waals surface area contributed by atoms with Gasteiger partial charge in [-0.25, -0.2) is 5.43 Å². The van der Waals surface area contributed by atoms with E-state index in [-0.39, 0.29) is 18.2 Å². The van der Waals surface area contributed by atoms with Crippen molar-refractivity contribution in [2.24, 2.45) is 5.10 Å². The number of ether oxygens (including phenoxy) is 2. The summed E-state index contributed by atoms with van der Waals surface area (Å²) < 4.78 is 10.4. The van der Waals surface area contributed by atoms with Crippen molar-refractivity contribution in [1.82, 2.24) is 5.43 Å². The molecule has 0 aliphatic carbocycles. The second-order valence-corrected chi connectivity index (χ2v) is 6.16. The van der Waals surface area contributed by atoms with Gasteiger partial charge < -0.3 is 14.8 Å². The van der Waals surface area contributed by atoms with Crippen molar-refractivity contribution < 1.29 is 19.1 Å². The van der Waals surface area contributed by atoms with Crippen molar-refractivity contribution in [2.45, 2.75) is 26.2 Å². The summed E-state index contributed by atoms with van der Waals surface area (Å²) in [6.45, 7) is 1.68. The Kier molecular flexibility index (Phi) is 8.02. The van der Waals surface area contributed by atoms with Crippen LogP contribution in [0.25, 0.3) is 0 Å². The molecule has 0 saturated carbocycles. The molecule has 2 rings (SSSR count). The fourth-order valence-electron chi connectivity index (χ4n) is 2.48. The first kappa shape index (κ1) is 21.0. The molecular formula is C21H25N3O4. The van der Waals surface area contributed by atoms with Crippen LogP contribution in [0, 0.1) is 0 Å². The van der Waals surface area contributed by atoms with Crippen LogP contribution in [0.1, 0.15) is 25.3 Å². The normalized spacial score (nSPS) is 10.9. The smallest absolute Gasteiger partial charge is 0.240 e. The second kappa shape index (κ2) is 10.7. The average molecular weight is 383 g/mol. The molecule has 0 atom stereocenters. The monoisotopic (exact) mass is 383 g/mol. The lowest BCUT2D eigenvalue weighted by Gasteiger charge is -2.11. The third kappa shape index (κ3) is 6.75. The molecule has 2 amide bonds. The molecule has 2 N–H and O–H groups in total. The summed E-state index contributed by atoms with van der Waals surface area (Å²) in [5.74, 6) is 0.672. The third-order valence-corrected chi connectivity index (χ3v) is 3.95. The highest BCUT2D eigenvalue weighted by Gasteiger charge is 2.10. The van der Waals surface area contributed by atoms with Gasteiger partial charge in [-0.15, -0.1) is 0 Å². The molecule has 0 aromatic heterocycles. The van der Waals surface area contributed by atoms with E-state index in [9.17, 15) is 9.59 Å². The molecule has 2 aromatic carbocycles.